The maximum atomic E-state index is 11.4. The summed E-state index contributed by atoms with van der Waals surface area (Å²) in [7, 11) is 0. The summed E-state index contributed by atoms with van der Waals surface area (Å²) in [6.07, 6.45) is 2.27. The molecule has 1 aromatic heterocycles. The van der Waals surface area contributed by atoms with Crippen LogP contribution in [0.1, 0.15) is 36.6 Å². The highest BCUT2D eigenvalue weighted by Crippen LogP contribution is 2.00. The fourth-order valence-corrected chi connectivity index (χ4v) is 0.868. The van der Waals surface area contributed by atoms with Crippen LogP contribution in [0.5, 0.6) is 0 Å². The van der Waals surface area contributed by atoms with E-state index in [1.807, 2.05) is 13.8 Å². The molecule has 1 rings (SSSR count). The highest BCUT2D eigenvalue weighted by molar-refractivity contribution is 5.92. The number of aryl methyl sites for hydroxylation is 1. The Morgan fingerprint density at radius 1 is 1.77 bits per heavy atom. The lowest BCUT2D eigenvalue weighted by Gasteiger charge is -2.08. The third kappa shape index (κ3) is 2.57. The van der Waals surface area contributed by atoms with Gasteiger partial charge in [0.15, 0.2) is 11.6 Å². The van der Waals surface area contributed by atoms with Gasteiger partial charge in [-0.15, -0.1) is 0 Å². The zero-order valence-electron chi connectivity index (χ0n) is 8.13. The van der Waals surface area contributed by atoms with Crippen LogP contribution < -0.4 is 5.32 Å². The number of nitrogens with zero attached hydrogens (tertiary/aromatic N) is 1. The van der Waals surface area contributed by atoms with Gasteiger partial charge in [0.05, 0.1) is 0 Å². The molecule has 1 amide bonds. The minimum atomic E-state index is -0.175. The molecule has 0 unspecified atom stereocenters. The maximum absolute atomic E-state index is 11.4. The molecule has 0 spiro atoms. The van der Waals surface area contributed by atoms with Crippen molar-refractivity contribution in [3.8, 4) is 0 Å². The van der Waals surface area contributed by atoms with Crippen molar-refractivity contribution in [3.63, 3.8) is 0 Å². The molecule has 0 saturated heterocycles. The Hall–Kier alpha value is -1.32. The van der Waals surface area contributed by atoms with Gasteiger partial charge < -0.3 is 9.73 Å². The van der Waals surface area contributed by atoms with E-state index < -0.39 is 0 Å². The summed E-state index contributed by atoms with van der Waals surface area (Å²) in [5.41, 5.74) is 0.345. The van der Waals surface area contributed by atoms with Gasteiger partial charge in [-0.3, -0.25) is 4.79 Å². The van der Waals surface area contributed by atoms with Crippen LogP contribution in [0.25, 0.3) is 0 Å². The van der Waals surface area contributed by atoms with Crippen LogP contribution in [0.15, 0.2) is 10.7 Å². The minimum absolute atomic E-state index is 0.171. The van der Waals surface area contributed by atoms with Crippen molar-refractivity contribution in [2.75, 3.05) is 0 Å². The van der Waals surface area contributed by atoms with E-state index in [0.717, 1.165) is 6.42 Å². The molecular formula is C9H14N2O2. The molecule has 4 heteroatoms. The van der Waals surface area contributed by atoms with Gasteiger partial charge in [-0.25, -0.2) is 4.98 Å². The molecule has 0 aliphatic rings. The molecule has 0 aromatic carbocycles. The standard InChI is InChI=1S/C9H14N2O2/c1-4-6(2)10-9(12)8-5-13-7(3)11-8/h5-6H,4H2,1-3H3,(H,10,12)/t6-/m0/s1. The first-order valence-corrected chi connectivity index (χ1v) is 4.36. The van der Waals surface area contributed by atoms with Crippen molar-refractivity contribution >= 4 is 5.91 Å². The first-order chi connectivity index (χ1) is 6.13. The summed E-state index contributed by atoms with van der Waals surface area (Å²) in [5.74, 6) is 0.334. The van der Waals surface area contributed by atoms with Gasteiger partial charge in [0.1, 0.15) is 6.26 Å². The average molecular weight is 182 g/mol. The molecule has 1 heterocycles. The SMILES string of the molecule is CC[C@H](C)NC(=O)c1coc(C)n1. The Morgan fingerprint density at radius 3 is 2.92 bits per heavy atom. The molecule has 1 N–H and O–H groups in total. The average Bonchev–Trinajstić information content (AvgIpc) is 2.51. The normalized spacial score (nSPS) is 12.5. The Bertz CT molecular complexity index is 294. The van der Waals surface area contributed by atoms with Crippen LogP contribution in [0.4, 0.5) is 0 Å². The summed E-state index contributed by atoms with van der Waals surface area (Å²) in [6, 6.07) is 0.171. The second-order valence-corrected chi connectivity index (χ2v) is 3.03. The number of carbonyl (C=O) groups excluding carboxylic acids is 1. The predicted octanol–water partition coefficient (Wildman–Crippen LogP) is 1.51. The van der Waals surface area contributed by atoms with Crippen LogP contribution in [-0.4, -0.2) is 16.9 Å². The minimum Gasteiger partial charge on any atom is -0.448 e. The molecule has 0 radical (unpaired) electrons. The summed E-state index contributed by atoms with van der Waals surface area (Å²) in [4.78, 5) is 15.3. The van der Waals surface area contributed by atoms with Crippen molar-refractivity contribution in [3.05, 3.63) is 17.8 Å². The number of hydrogen-bond acceptors (Lipinski definition) is 3. The van der Waals surface area contributed by atoms with Gasteiger partial charge >= 0.3 is 0 Å². The molecule has 1 aromatic rings. The summed E-state index contributed by atoms with van der Waals surface area (Å²) < 4.78 is 4.93. The zero-order valence-corrected chi connectivity index (χ0v) is 8.13. The number of aromatic nitrogens is 1. The molecule has 4 nitrogen and oxygen atoms in total. The molecular weight excluding hydrogens is 168 g/mol. The lowest BCUT2D eigenvalue weighted by molar-refractivity contribution is 0.0934. The summed E-state index contributed by atoms with van der Waals surface area (Å²) >= 11 is 0. The molecule has 0 fully saturated rings. The fraction of sp³-hybridized carbons (Fsp3) is 0.556. The van der Waals surface area contributed by atoms with Crippen molar-refractivity contribution in [2.24, 2.45) is 0 Å². The lowest BCUT2D eigenvalue weighted by atomic mass is 10.2. The molecule has 0 aliphatic carbocycles. The van der Waals surface area contributed by atoms with Crippen LogP contribution in [0.3, 0.4) is 0 Å². The van der Waals surface area contributed by atoms with Gasteiger partial charge in [-0.1, -0.05) is 6.92 Å². The molecule has 0 aliphatic heterocycles. The van der Waals surface area contributed by atoms with Crippen molar-refractivity contribution in [2.45, 2.75) is 33.2 Å². The Labute approximate surface area is 77.3 Å². The summed E-state index contributed by atoms with van der Waals surface area (Å²) in [6.45, 7) is 5.67. The largest absolute Gasteiger partial charge is 0.448 e. The van der Waals surface area contributed by atoms with E-state index in [4.69, 9.17) is 4.42 Å². The molecule has 0 saturated carbocycles. The number of rotatable bonds is 3. The van der Waals surface area contributed by atoms with Crippen LogP contribution in [0, 0.1) is 6.92 Å². The maximum Gasteiger partial charge on any atom is 0.273 e. The van der Waals surface area contributed by atoms with E-state index in [2.05, 4.69) is 10.3 Å². The van der Waals surface area contributed by atoms with E-state index >= 15 is 0 Å². The van der Waals surface area contributed by atoms with E-state index in [9.17, 15) is 4.79 Å². The number of amides is 1. The highest BCUT2D eigenvalue weighted by Gasteiger charge is 2.11. The van der Waals surface area contributed by atoms with Gasteiger partial charge in [-0.2, -0.15) is 0 Å². The molecule has 13 heavy (non-hydrogen) atoms. The van der Waals surface area contributed by atoms with E-state index in [0.29, 0.717) is 11.6 Å². The third-order valence-corrected chi connectivity index (χ3v) is 1.84. The quantitative estimate of drug-likeness (QED) is 0.770. The molecule has 1 atom stereocenters. The van der Waals surface area contributed by atoms with Crippen molar-refractivity contribution < 1.29 is 9.21 Å². The topological polar surface area (TPSA) is 55.1 Å². The zero-order chi connectivity index (χ0) is 9.84. The van der Waals surface area contributed by atoms with Gasteiger partial charge in [0, 0.05) is 13.0 Å². The first kappa shape index (κ1) is 9.77. The van der Waals surface area contributed by atoms with Crippen LogP contribution >= 0.6 is 0 Å². The second kappa shape index (κ2) is 4.07. The fourth-order valence-electron chi connectivity index (χ4n) is 0.868. The van der Waals surface area contributed by atoms with E-state index in [-0.39, 0.29) is 11.9 Å². The lowest BCUT2D eigenvalue weighted by Crippen LogP contribution is -2.32. The van der Waals surface area contributed by atoms with Crippen molar-refractivity contribution in [1.82, 2.24) is 10.3 Å². The second-order valence-electron chi connectivity index (χ2n) is 3.03. The molecule has 0 bridgehead atoms. The summed E-state index contributed by atoms with van der Waals surface area (Å²) in [5, 5.41) is 2.80. The van der Waals surface area contributed by atoms with E-state index in [1.165, 1.54) is 6.26 Å². The number of carbonyl (C=O) groups is 1. The van der Waals surface area contributed by atoms with Crippen LogP contribution in [0.2, 0.25) is 0 Å². The molecule has 72 valence electrons. The van der Waals surface area contributed by atoms with Gasteiger partial charge in [-0.05, 0) is 13.3 Å². The highest BCUT2D eigenvalue weighted by atomic mass is 16.3. The van der Waals surface area contributed by atoms with Crippen LogP contribution in [-0.2, 0) is 0 Å². The number of nitrogens with one attached hydrogen (secondary N) is 1. The monoisotopic (exact) mass is 182 g/mol. The van der Waals surface area contributed by atoms with Gasteiger partial charge in [0.2, 0.25) is 0 Å². The number of oxazole rings is 1. The van der Waals surface area contributed by atoms with Crippen molar-refractivity contribution in [1.29, 1.82) is 0 Å². The first-order valence-electron chi connectivity index (χ1n) is 4.36. The Kier molecular flexibility index (Phi) is 3.06. The smallest absolute Gasteiger partial charge is 0.273 e. The van der Waals surface area contributed by atoms with E-state index in [1.54, 1.807) is 6.92 Å². The predicted molar refractivity (Wildman–Crippen MR) is 48.5 cm³/mol. The Balaban J connectivity index is 2.58. The van der Waals surface area contributed by atoms with Gasteiger partial charge in [0.25, 0.3) is 5.91 Å². The third-order valence-electron chi connectivity index (χ3n) is 1.84. The Morgan fingerprint density at radius 2 is 2.46 bits per heavy atom. The number of hydrogen-bond donors (Lipinski definition) is 1.